The van der Waals surface area contributed by atoms with Crippen LogP contribution in [0.2, 0.25) is 0 Å². The van der Waals surface area contributed by atoms with Crippen LogP contribution in [0.15, 0.2) is 42.6 Å². The maximum atomic E-state index is 11.6. The summed E-state index contributed by atoms with van der Waals surface area (Å²) in [5.41, 5.74) is 2.23. The highest BCUT2D eigenvalue weighted by atomic mass is 16.5. The molecule has 0 saturated carbocycles. The summed E-state index contributed by atoms with van der Waals surface area (Å²) in [5.74, 6) is 1.09. The van der Waals surface area contributed by atoms with E-state index < -0.39 is 0 Å². The van der Waals surface area contributed by atoms with Gasteiger partial charge in [0.15, 0.2) is 0 Å². The van der Waals surface area contributed by atoms with Crippen molar-refractivity contribution in [3.63, 3.8) is 0 Å². The average Bonchev–Trinajstić information content (AvgIpc) is 3.01. The monoisotopic (exact) mass is 326 g/mol. The summed E-state index contributed by atoms with van der Waals surface area (Å²) >= 11 is 0. The predicted molar refractivity (Wildman–Crippen MR) is 89.7 cm³/mol. The number of fused-ring (bicyclic) bond motifs is 1. The van der Waals surface area contributed by atoms with Crippen molar-refractivity contribution in [3.05, 3.63) is 53.7 Å². The molecule has 0 N–H and O–H groups in total. The maximum Gasteiger partial charge on any atom is 0.337 e. The average molecular weight is 326 g/mol. The Kier molecular flexibility index (Phi) is 4.37. The summed E-state index contributed by atoms with van der Waals surface area (Å²) in [6.45, 7) is 0.565. The third-order valence-corrected chi connectivity index (χ3v) is 3.73. The molecule has 0 unspecified atom stereocenters. The summed E-state index contributed by atoms with van der Waals surface area (Å²) in [4.78, 5) is 11.6. The molecule has 0 spiro atoms. The van der Waals surface area contributed by atoms with E-state index in [0.29, 0.717) is 12.1 Å². The minimum Gasteiger partial charge on any atom is -0.497 e. The first-order chi connectivity index (χ1) is 11.6. The van der Waals surface area contributed by atoms with Gasteiger partial charge >= 0.3 is 5.97 Å². The van der Waals surface area contributed by atoms with Gasteiger partial charge in [0.25, 0.3) is 0 Å². The summed E-state index contributed by atoms with van der Waals surface area (Å²) < 4.78 is 17.1. The van der Waals surface area contributed by atoms with Crippen molar-refractivity contribution in [1.82, 2.24) is 9.78 Å². The highest BCUT2D eigenvalue weighted by molar-refractivity contribution is 5.94. The zero-order valence-electron chi connectivity index (χ0n) is 13.8. The normalized spacial score (nSPS) is 10.6. The molecule has 124 valence electrons. The Morgan fingerprint density at radius 2 is 1.75 bits per heavy atom. The van der Waals surface area contributed by atoms with E-state index in [0.717, 1.165) is 28.0 Å². The molecule has 1 heterocycles. The summed E-state index contributed by atoms with van der Waals surface area (Å²) in [6, 6.07) is 11.0. The number of carbonyl (C=O) groups is 1. The van der Waals surface area contributed by atoms with Gasteiger partial charge in [-0.3, -0.25) is 4.68 Å². The molecule has 0 atom stereocenters. The van der Waals surface area contributed by atoms with Gasteiger partial charge in [-0.2, -0.15) is 5.10 Å². The van der Waals surface area contributed by atoms with Crippen LogP contribution in [0, 0.1) is 0 Å². The number of rotatable bonds is 5. The van der Waals surface area contributed by atoms with Crippen molar-refractivity contribution < 1.29 is 19.0 Å². The minimum absolute atomic E-state index is 0.371. The number of hydrogen-bond acceptors (Lipinski definition) is 5. The molecular formula is C18H18N2O4. The lowest BCUT2D eigenvalue weighted by Crippen LogP contribution is -2.01. The molecule has 3 aromatic rings. The fourth-order valence-corrected chi connectivity index (χ4v) is 2.54. The number of ether oxygens (including phenoxy) is 3. The van der Waals surface area contributed by atoms with Gasteiger partial charge in [-0.05, 0) is 29.8 Å². The number of esters is 1. The number of benzene rings is 2. The summed E-state index contributed by atoms with van der Waals surface area (Å²) in [5, 5.41) is 5.48. The van der Waals surface area contributed by atoms with Gasteiger partial charge in [0.05, 0.1) is 39.0 Å². The first-order valence-electron chi connectivity index (χ1n) is 7.40. The molecule has 24 heavy (non-hydrogen) atoms. The van der Waals surface area contributed by atoms with Crippen LogP contribution in [-0.2, 0) is 11.3 Å². The van der Waals surface area contributed by atoms with Crippen LogP contribution < -0.4 is 9.47 Å². The van der Waals surface area contributed by atoms with Crippen LogP contribution in [0.1, 0.15) is 15.9 Å². The van der Waals surface area contributed by atoms with Gasteiger partial charge in [-0.25, -0.2) is 4.79 Å². The van der Waals surface area contributed by atoms with Crippen molar-refractivity contribution in [1.29, 1.82) is 0 Å². The van der Waals surface area contributed by atoms with Crippen LogP contribution in [0.3, 0.4) is 0 Å². The van der Waals surface area contributed by atoms with E-state index in [1.54, 1.807) is 26.4 Å². The van der Waals surface area contributed by atoms with Gasteiger partial charge in [0.1, 0.15) is 11.5 Å². The molecule has 6 nitrogen and oxygen atoms in total. The van der Waals surface area contributed by atoms with Crippen LogP contribution in [0.5, 0.6) is 11.5 Å². The largest absolute Gasteiger partial charge is 0.497 e. The number of methoxy groups -OCH3 is 3. The summed E-state index contributed by atoms with van der Waals surface area (Å²) in [6.07, 6.45) is 1.93. The van der Waals surface area contributed by atoms with Crippen molar-refractivity contribution in [2.24, 2.45) is 0 Å². The molecule has 1 aromatic heterocycles. The van der Waals surface area contributed by atoms with Crippen molar-refractivity contribution >= 4 is 16.9 Å². The molecule has 3 rings (SSSR count). The van der Waals surface area contributed by atoms with Crippen LogP contribution >= 0.6 is 0 Å². The van der Waals surface area contributed by atoms with Gasteiger partial charge in [0, 0.05) is 17.6 Å². The zero-order valence-corrected chi connectivity index (χ0v) is 13.8. The van der Waals surface area contributed by atoms with Crippen molar-refractivity contribution in [2.75, 3.05) is 21.3 Å². The molecule has 0 saturated heterocycles. The zero-order chi connectivity index (χ0) is 17.1. The molecule has 0 aliphatic heterocycles. The van der Waals surface area contributed by atoms with E-state index in [1.807, 2.05) is 35.1 Å². The first-order valence-corrected chi connectivity index (χ1v) is 7.40. The Hall–Kier alpha value is -3.02. The van der Waals surface area contributed by atoms with E-state index in [-0.39, 0.29) is 5.97 Å². The van der Waals surface area contributed by atoms with E-state index in [2.05, 4.69) is 5.10 Å². The fraction of sp³-hybridized carbons (Fsp3) is 0.222. The smallest absolute Gasteiger partial charge is 0.337 e. The lowest BCUT2D eigenvalue weighted by Gasteiger charge is -2.08. The van der Waals surface area contributed by atoms with E-state index in [4.69, 9.17) is 14.2 Å². The SMILES string of the molecule is COC(=O)c1ccc2cn(Cc3cc(OC)cc(OC)c3)nc2c1. The fourth-order valence-electron chi connectivity index (χ4n) is 2.54. The third kappa shape index (κ3) is 3.17. The number of nitrogens with zero attached hydrogens (tertiary/aromatic N) is 2. The Balaban J connectivity index is 1.91. The quantitative estimate of drug-likeness (QED) is 0.675. The second-order valence-electron chi connectivity index (χ2n) is 5.31. The van der Waals surface area contributed by atoms with Crippen molar-refractivity contribution in [2.45, 2.75) is 6.54 Å². The number of carbonyl (C=O) groups excluding carboxylic acids is 1. The Morgan fingerprint density at radius 1 is 1.04 bits per heavy atom. The third-order valence-electron chi connectivity index (χ3n) is 3.73. The highest BCUT2D eigenvalue weighted by Gasteiger charge is 2.09. The topological polar surface area (TPSA) is 62.6 Å². The Labute approximate surface area is 139 Å². The molecule has 0 fully saturated rings. The standard InChI is InChI=1S/C18H18N2O4/c1-22-15-6-12(7-16(9-15)23-2)10-20-11-14-5-4-13(18(21)24-3)8-17(14)19-20/h4-9,11H,10H2,1-3H3. The van der Waals surface area contributed by atoms with Crippen LogP contribution in [0.25, 0.3) is 10.9 Å². The molecule has 0 amide bonds. The van der Waals surface area contributed by atoms with Gasteiger partial charge in [0.2, 0.25) is 0 Å². The minimum atomic E-state index is -0.371. The molecule has 0 aliphatic rings. The van der Waals surface area contributed by atoms with E-state index in [9.17, 15) is 4.79 Å². The molecular weight excluding hydrogens is 308 g/mol. The lowest BCUT2D eigenvalue weighted by atomic mass is 10.2. The van der Waals surface area contributed by atoms with E-state index >= 15 is 0 Å². The molecule has 2 aromatic carbocycles. The number of aromatic nitrogens is 2. The molecule has 0 bridgehead atoms. The second-order valence-corrected chi connectivity index (χ2v) is 5.31. The Morgan fingerprint density at radius 3 is 2.38 bits per heavy atom. The highest BCUT2D eigenvalue weighted by Crippen LogP contribution is 2.23. The summed E-state index contributed by atoms with van der Waals surface area (Å²) in [7, 11) is 4.60. The van der Waals surface area contributed by atoms with Crippen LogP contribution in [-0.4, -0.2) is 37.1 Å². The van der Waals surface area contributed by atoms with Crippen LogP contribution in [0.4, 0.5) is 0 Å². The van der Waals surface area contributed by atoms with Crippen molar-refractivity contribution in [3.8, 4) is 11.5 Å². The van der Waals surface area contributed by atoms with Gasteiger partial charge in [-0.1, -0.05) is 6.07 Å². The van der Waals surface area contributed by atoms with Gasteiger partial charge < -0.3 is 14.2 Å². The molecule has 6 heteroatoms. The van der Waals surface area contributed by atoms with Gasteiger partial charge in [-0.15, -0.1) is 0 Å². The Bertz CT molecular complexity index is 864. The first kappa shape index (κ1) is 15.9. The maximum absolute atomic E-state index is 11.6. The molecule has 0 radical (unpaired) electrons. The number of hydrogen-bond donors (Lipinski definition) is 0. The second kappa shape index (κ2) is 6.62. The van der Waals surface area contributed by atoms with E-state index in [1.165, 1.54) is 7.11 Å². The molecule has 0 aliphatic carbocycles. The predicted octanol–water partition coefficient (Wildman–Crippen LogP) is 2.89. The lowest BCUT2D eigenvalue weighted by molar-refractivity contribution is 0.0601.